The van der Waals surface area contributed by atoms with Crippen LogP contribution in [0.2, 0.25) is 0 Å². The number of thiophene rings is 1. The maximum Gasteiger partial charge on any atom is 0.271 e. The van der Waals surface area contributed by atoms with Crippen molar-refractivity contribution in [1.29, 1.82) is 0 Å². The highest BCUT2D eigenvalue weighted by Gasteiger charge is 2.16. The molecule has 146 valence electrons. The number of benzene rings is 1. The van der Waals surface area contributed by atoms with E-state index >= 15 is 0 Å². The van der Waals surface area contributed by atoms with Gasteiger partial charge in [-0.25, -0.2) is 8.42 Å². The standard InChI is InChI=1S/C19H24N2O3S3/c22-19(20-12-14-25-17-5-2-1-3-6-17)15-8-10-16(11-9-15)21-27(23,24)18-7-4-13-26-18/h4,7-11,13,17,21H,1-3,5-6,12,14H2,(H,20,22). The molecule has 1 aliphatic carbocycles. The van der Waals surface area contributed by atoms with Crippen LogP contribution >= 0.6 is 23.1 Å². The molecule has 1 heterocycles. The third-order valence-electron chi connectivity index (χ3n) is 4.45. The molecule has 0 radical (unpaired) electrons. The Hall–Kier alpha value is -1.51. The first-order chi connectivity index (χ1) is 13.0. The third-order valence-corrected chi connectivity index (χ3v) is 8.61. The fraction of sp³-hybridized carbons (Fsp3) is 0.421. The summed E-state index contributed by atoms with van der Waals surface area (Å²) >= 11 is 3.11. The Morgan fingerprint density at radius 3 is 2.52 bits per heavy atom. The minimum Gasteiger partial charge on any atom is -0.351 e. The molecule has 1 amide bonds. The van der Waals surface area contributed by atoms with Crippen molar-refractivity contribution in [1.82, 2.24) is 5.32 Å². The lowest BCUT2D eigenvalue weighted by Crippen LogP contribution is -2.26. The van der Waals surface area contributed by atoms with Gasteiger partial charge in [0, 0.05) is 28.8 Å². The van der Waals surface area contributed by atoms with Gasteiger partial charge in [0.05, 0.1) is 0 Å². The first-order valence-corrected chi connectivity index (χ1v) is 12.5. The Labute approximate surface area is 169 Å². The van der Waals surface area contributed by atoms with Gasteiger partial charge in [-0.15, -0.1) is 11.3 Å². The second kappa shape index (κ2) is 9.61. The molecule has 0 spiro atoms. The van der Waals surface area contributed by atoms with E-state index in [1.54, 1.807) is 41.8 Å². The molecule has 2 aromatic rings. The van der Waals surface area contributed by atoms with E-state index < -0.39 is 10.0 Å². The lowest BCUT2D eigenvalue weighted by Gasteiger charge is -2.20. The summed E-state index contributed by atoms with van der Waals surface area (Å²) in [6.07, 6.45) is 6.59. The average molecular weight is 425 g/mol. The van der Waals surface area contributed by atoms with Crippen molar-refractivity contribution in [2.24, 2.45) is 0 Å². The van der Waals surface area contributed by atoms with Crippen LogP contribution in [-0.2, 0) is 10.0 Å². The van der Waals surface area contributed by atoms with Crippen molar-refractivity contribution >= 4 is 44.7 Å². The molecule has 0 saturated heterocycles. The van der Waals surface area contributed by atoms with Crippen LogP contribution in [0.15, 0.2) is 46.0 Å². The second-order valence-electron chi connectivity index (χ2n) is 6.50. The summed E-state index contributed by atoms with van der Waals surface area (Å²) in [5, 5.41) is 5.39. The van der Waals surface area contributed by atoms with Crippen LogP contribution in [0.3, 0.4) is 0 Å². The van der Waals surface area contributed by atoms with Gasteiger partial charge in [-0.3, -0.25) is 9.52 Å². The number of carbonyl (C=O) groups is 1. The van der Waals surface area contributed by atoms with Gasteiger partial charge in [-0.05, 0) is 48.6 Å². The average Bonchev–Trinajstić information content (AvgIpc) is 3.22. The number of rotatable bonds is 8. The fourth-order valence-corrected chi connectivity index (χ4v) is 6.31. The third kappa shape index (κ3) is 5.99. The lowest BCUT2D eigenvalue weighted by atomic mass is 10.0. The number of sulfonamides is 1. The number of hydrogen-bond acceptors (Lipinski definition) is 5. The molecule has 27 heavy (non-hydrogen) atoms. The number of hydrogen-bond donors (Lipinski definition) is 2. The molecule has 1 saturated carbocycles. The first kappa shape index (κ1) is 20.2. The summed E-state index contributed by atoms with van der Waals surface area (Å²) in [6, 6.07) is 9.73. The summed E-state index contributed by atoms with van der Waals surface area (Å²) < 4.78 is 27.2. The molecule has 5 nitrogen and oxygen atoms in total. The van der Waals surface area contributed by atoms with Gasteiger partial charge < -0.3 is 5.32 Å². The van der Waals surface area contributed by atoms with Gasteiger partial charge in [-0.2, -0.15) is 11.8 Å². The van der Waals surface area contributed by atoms with Gasteiger partial charge in [0.15, 0.2) is 0 Å². The van der Waals surface area contributed by atoms with E-state index in [-0.39, 0.29) is 10.1 Å². The maximum atomic E-state index is 12.2. The molecular weight excluding hydrogens is 400 g/mol. The highest BCUT2D eigenvalue weighted by molar-refractivity contribution is 7.99. The van der Waals surface area contributed by atoms with E-state index in [0.29, 0.717) is 17.8 Å². The van der Waals surface area contributed by atoms with Crippen molar-refractivity contribution in [2.45, 2.75) is 41.6 Å². The fourth-order valence-electron chi connectivity index (χ4n) is 3.04. The zero-order chi connectivity index (χ0) is 19.1. The minimum atomic E-state index is -3.57. The van der Waals surface area contributed by atoms with E-state index in [1.807, 2.05) is 11.8 Å². The summed E-state index contributed by atoms with van der Waals surface area (Å²) in [6.45, 7) is 0.646. The highest BCUT2D eigenvalue weighted by atomic mass is 32.2. The Morgan fingerprint density at radius 1 is 1.11 bits per heavy atom. The van der Waals surface area contributed by atoms with Crippen LogP contribution in [-0.4, -0.2) is 31.9 Å². The van der Waals surface area contributed by atoms with E-state index in [4.69, 9.17) is 0 Å². The zero-order valence-corrected chi connectivity index (χ0v) is 17.5. The first-order valence-electron chi connectivity index (χ1n) is 9.11. The van der Waals surface area contributed by atoms with Crippen LogP contribution in [0.4, 0.5) is 5.69 Å². The van der Waals surface area contributed by atoms with E-state index in [0.717, 1.165) is 22.3 Å². The normalized spacial score (nSPS) is 15.4. The second-order valence-corrected chi connectivity index (χ2v) is 10.8. The number of nitrogens with one attached hydrogen (secondary N) is 2. The largest absolute Gasteiger partial charge is 0.351 e. The van der Waals surface area contributed by atoms with Gasteiger partial charge in [0.25, 0.3) is 15.9 Å². The molecule has 0 unspecified atom stereocenters. The van der Waals surface area contributed by atoms with Crippen LogP contribution in [0.1, 0.15) is 42.5 Å². The van der Waals surface area contributed by atoms with E-state index in [2.05, 4.69) is 10.0 Å². The predicted octanol–water partition coefficient (Wildman–Crippen LogP) is 4.34. The Bertz CT molecular complexity index is 828. The van der Waals surface area contributed by atoms with Crippen molar-refractivity contribution in [3.8, 4) is 0 Å². The number of anilines is 1. The molecule has 0 atom stereocenters. The molecule has 1 fully saturated rings. The monoisotopic (exact) mass is 424 g/mol. The van der Waals surface area contributed by atoms with Gasteiger partial charge in [-0.1, -0.05) is 25.3 Å². The van der Waals surface area contributed by atoms with Crippen molar-refractivity contribution in [3.63, 3.8) is 0 Å². The smallest absolute Gasteiger partial charge is 0.271 e. The zero-order valence-electron chi connectivity index (χ0n) is 15.0. The predicted molar refractivity (Wildman–Crippen MR) is 113 cm³/mol. The van der Waals surface area contributed by atoms with Crippen LogP contribution in [0.5, 0.6) is 0 Å². The van der Waals surface area contributed by atoms with Crippen LogP contribution in [0.25, 0.3) is 0 Å². The van der Waals surface area contributed by atoms with Crippen LogP contribution < -0.4 is 10.0 Å². The Morgan fingerprint density at radius 2 is 1.85 bits per heavy atom. The molecule has 1 aromatic carbocycles. The summed E-state index contributed by atoms with van der Waals surface area (Å²) in [5.41, 5.74) is 0.963. The lowest BCUT2D eigenvalue weighted by molar-refractivity contribution is 0.0956. The summed E-state index contributed by atoms with van der Waals surface area (Å²) in [4.78, 5) is 12.2. The van der Waals surface area contributed by atoms with Crippen molar-refractivity contribution < 1.29 is 13.2 Å². The molecule has 0 aliphatic heterocycles. The summed E-state index contributed by atoms with van der Waals surface area (Å²) in [5.74, 6) is 0.793. The number of thioether (sulfide) groups is 1. The van der Waals surface area contributed by atoms with E-state index in [1.165, 1.54) is 32.1 Å². The minimum absolute atomic E-state index is 0.132. The number of carbonyl (C=O) groups excluding carboxylic acids is 1. The number of amides is 1. The van der Waals surface area contributed by atoms with Crippen molar-refractivity contribution in [2.75, 3.05) is 17.0 Å². The van der Waals surface area contributed by atoms with Crippen LogP contribution in [0, 0.1) is 0 Å². The molecule has 1 aliphatic rings. The van der Waals surface area contributed by atoms with Gasteiger partial charge in [0.2, 0.25) is 0 Å². The SMILES string of the molecule is O=C(NCCSC1CCCCC1)c1ccc(NS(=O)(=O)c2cccs2)cc1. The highest BCUT2D eigenvalue weighted by Crippen LogP contribution is 2.27. The quantitative estimate of drug-likeness (QED) is 0.618. The molecule has 0 bridgehead atoms. The van der Waals surface area contributed by atoms with Gasteiger partial charge in [0.1, 0.15) is 4.21 Å². The van der Waals surface area contributed by atoms with Gasteiger partial charge >= 0.3 is 0 Å². The topological polar surface area (TPSA) is 75.3 Å². The Kier molecular flexibility index (Phi) is 7.20. The molecule has 3 rings (SSSR count). The molecule has 8 heteroatoms. The van der Waals surface area contributed by atoms with Crippen molar-refractivity contribution in [3.05, 3.63) is 47.3 Å². The molecule has 2 N–H and O–H groups in total. The molecule has 1 aromatic heterocycles. The Balaban J connectivity index is 1.45. The van der Waals surface area contributed by atoms with E-state index in [9.17, 15) is 13.2 Å². The molecular formula is C19H24N2O3S3. The maximum absolute atomic E-state index is 12.2. The summed E-state index contributed by atoms with van der Waals surface area (Å²) in [7, 11) is -3.57.